The number of anilines is 1. The molecule has 0 aliphatic rings. The van der Waals surface area contributed by atoms with Gasteiger partial charge in [0, 0.05) is 18.2 Å². The number of nitrogens with one attached hydrogen (secondary N) is 1. The van der Waals surface area contributed by atoms with Crippen molar-refractivity contribution in [3.63, 3.8) is 0 Å². The Bertz CT molecular complexity index is 960. The molecule has 2 aromatic carbocycles. The van der Waals surface area contributed by atoms with Crippen LogP contribution in [0, 0.1) is 13.8 Å². The number of nitrogens with zero attached hydrogens (tertiary/aromatic N) is 1. The standard InChI is InChI=1S/C21H20N2O3S/c1-13-4-8-17(9-5-13)23-19(25)12-26-18-10-6-16(7-11-18)21-22-14(2)20(27-21)15(3)24/h4-11H,12H2,1-3H3,(H,23,25). The molecule has 0 spiro atoms. The fraction of sp³-hybridized carbons (Fsp3) is 0.190. The number of hydrogen-bond acceptors (Lipinski definition) is 5. The van der Waals surface area contributed by atoms with Gasteiger partial charge in [-0.05, 0) is 50.2 Å². The molecular formula is C21H20N2O3S. The fourth-order valence-electron chi connectivity index (χ4n) is 2.52. The molecule has 1 aromatic heterocycles. The largest absolute Gasteiger partial charge is 0.484 e. The second-order valence-electron chi connectivity index (χ2n) is 6.22. The minimum absolute atomic E-state index is 0.0239. The van der Waals surface area contributed by atoms with Gasteiger partial charge >= 0.3 is 0 Å². The van der Waals surface area contributed by atoms with E-state index in [0.717, 1.165) is 27.5 Å². The highest BCUT2D eigenvalue weighted by Crippen LogP contribution is 2.29. The van der Waals surface area contributed by atoms with Gasteiger partial charge in [0.2, 0.25) is 0 Å². The number of carbonyl (C=O) groups excluding carboxylic acids is 2. The number of aromatic nitrogens is 1. The summed E-state index contributed by atoms with van der Waals surface area (Å²) < 4.78 is 5.54. The van der Waals surface area contributed by atoms with Crippen molar-refractivity contribution in [1.82, 2.24) is 4.98 Å². The highest BCUT2D eigenvalue weighted by Gasteiger charge is 2.13. The lowest BCUT2D eigenvalue weighted by molar-refractivity contribution is -0.118. The van der Waals surface area contributed by atoms with E-state index >= 15 is 0 Å². The van der Waals surface area contributed by atoms with Crippen molar-refractivity contribution in [3.05, 3.63) is 64.7 Å². The zero-order valence-corrected chi connectivity index (χ0v) is 16.2. The maximum atomic E-state index is 12.0. The first-order valence-corrected chi connectivity index (χ1v) is 9.32. The lowest BCUT2D eigenvalue weighted by Gasteiger charge is -2.08. The molecule has 0 unspecified atom stereocenters. The van der Waals surface area contributed by atoms with Crippen LogP contribution in [0.1, 0.15) is 27.9 Å². The van der Waals surface area contributed by atoms with E-state index < -0.39 is 0 Å². The number of Topliss-reactive ketones (excluding diaryl/α,β-unsaturated/α-hetero) is 1. The van der Waals surface area contributed by atoms with Crippen molar-refractivity contribution in [3.8, 4) is 16.3 Å². The Balaban J connectivity index is 1.59. The molecule has 0 radical (unpaired) electrons. The molecular weight excluding hydrogens is 360 g/mol. The minimum Gasteiger partial charge on any atom is -0.484 e. The van der Waals surface area contributed by atoms with E-state index in [4.69, 9.17) is 4.74 Å². The predicted octanol–water partition coefficient (Wildman–Crippen LogP) is 4.65. The van der Waals surface area contributed by atoms with E-state index in [9.17, 15) is 9.59 Å². The molecule has 1 N–H and O–H groups in total. The molecule has 0 saturated heterocycles. The Morgan fingerprint density at radius 2 is 1.70 bits per heavy atom. The molecule has 0 aliphatic carbocycles. The lowest BCUT2D eigenvalue weighted by atomic mass is 10.2. The van der Waals surface area contributed by atoms with Crippen LogP contribution in [0.2, 0.25) is 0 Å². The molecule has 0 fully saturated rings. The number of amides is 1. The summed E-state index contributed by atoms with van der Waals surface area (Å²) in [5.41, 5.74) is 3.53. The third-order valence-electron chi connectivity index (χ3n) is 3.92. The highest BCUT2D eigenvalue weighted by atomic mass is 32.1. The Morgan fingerprint density at radius 3 is 2.30 bits per heavy atom. The van der Waals surface area contributed by atoms with E-state index in [0.29, 0.717) is 10.6 Å². The number of carbonyl (C=O) groups is 2. The first-order valence-electron chi connectivity index (χ1n) is 8.50. The van der Waals surface area contributed by atoms with Crippen LogP contribution in [0.3, 0.4) is 0 Å². The first kappa shape index (κ1) is 18.8. The Labute approximate surface area is 162 Å². The number of hydrogen-bond donors (Lipinski definition) is 1. The van der Waals surface area contributed by atoms with Crippen LogP contribution in [0.5, 0.6) is 5.75 Å². The molecule has 0 atom stereocenters. The molecule has 1 heterocycles. The molecule has 6 heteroatoms. The third kappa shape index (κ3) is 4.80. The van der Waals surface area contributed by atoms with E-state index in [-0.39, 0.29) is 18.3 Å². The van der Waals surface area contributed by atoms with Crippen LogP contribution in [-0.4, -0.2) is 23.3 Å². The van der Waals surface area contributed by atoms with Gasteiger partial charge in [0.25, 0.3) is 5.91 Å². The fourth-order valence-corrected chi connectivity index (χ4v) is 3.49. The minimum atomic E-state index is -0.218. The van der Waals surface area contributed by atoms with E-state index in [1.54, 1.807) is 19.1 Å². The van der Waals surface area contributed by atoms with Crippen molar-refractivity contribution in [2.45, 2.75) is 20.8 Å². The average molecular weight is 380 g/mol. The molecule has 0 bridgehead atoms. The SMILES string of the molecule is CC(=O)c1sc(-c2ccc(OCC(=O)Nc3ccc(C)cc3)cc2)nc1C. The summed E-state index contributed by atoms with van der Waals surface area (Å²) in [7, 11) is 0. The monoisotopic (exact) mass is 380 g/mol. The molecule has 5 nitrogen and oxygen atoms in total. The predicted molar refractivity (Wildman–Crippen MR) is 108 cm³/mol. The normalized spacial score (nSPS) is 10.5. The number of thiazole rings is 1. The Kier molecular flexibility index (Phi) is 5.66. The summed E-state index contributed by atoms with van der Waals surface area (Å²) in [5.74, 6) is 0.401. The van der Waals surface area contributed by atoms with Gasteiger partial charge in [-0.15, -0.1) is 11.3 Å². The Morgan fingerprint density at radius 1 is 1.04 bits per heavy atom. The van der Waals surface area contributed by atoms with Gasteiger partial charge in [-0.2, -0.15) is 0 Å². The summed E-state index contributed by atoms with van der Waals surface area (Å²) in [5, 5.41) is 3.58. The maximum absolute atomic E-state index is 12.0. The van der Waals surface area contributed by atoms with E-state index in [1.807, 2.05) is 50.2 Å². The first-order chi connectivity index (χ1) is 12.9. The summed E-state index contributed by atoms with van der Waals surface area (Å²) in [4.78, 5) is 28.7. The molecule has 3 rings (SSSR count). The van der Waals surface area contributed by atoms with Crippen LogP contribution in [0.25, 0.3) is 10.6 Å². The molecule has 0 saturated carbocycles. The summed E-state index contributed by atoms with van der Waals surface area (Å²) in [6.45, 7) is 5.30. The van der Waals surface area contributed by atoms with Gasteiger partial charge in [0.05, 0.1) is 10.6 Å². The molecule has 0 aliphatic heterocycles. The highest BCUT2D eigenvalue weighted by molar-refractivity contribution is 7.17. The van der Waals surface area contributed by atoms with Gasteiger partial charge in [0.1, 0.15) is 10.8 Å². The zero-order valence-electron chi connectivity index (χ0n) is 15.4. The van der Waals surface area contributed by atoms with Crippen LogP contribution < -0.4 is 10.1 Å². The average Bonchev–Trinajstić information content (AvgIpc) is 3.04. The number of ketones is 1. The smallest absolute Gasteiger partial charge is 0.262 e. The van der Waals surface area contributed by atoms with Gasteiger partial charge < -0.3 is 10.1 Å². The van der Waals surface area contributed by atoms with Crippen LogP contribution in [-0.2, 0) is 4.79 Å². The van der Waals surface area contributed by atoms with Gasteiger partial charge in [-0.1, -0.05) is 17.7 Å². The number of benzene rings is 2. The third-order valence-corrected chi connectivity index (χ3v) is 5.23. The van der Waals surface area contributed by atoms with Crippen molar-refractivity contribution < 1.29 is 14.3 Å². The van der Waals surface area contributed by atoms with E-state index in [2.05, 4.69) is 10.3 Å². The van der Waals surface area contributed by atoms with Crippen molar-refractivity contribution >= 4 is 28.7 Å². The Hall–Kier alpha value is -2.99. The van der Waals surface area contributed by atoms with Crippen molar-refractivity contribution in [1.29, 1.82) is 0 Å². The zero-order chi connectivity index (χ0) is 19.4. The quantitative estimate of drug-likeness (QED) is 0.632. The van der Waals surface area contributed by atoms with Gasteiger partial charge in [-0.3, -0.25) is 9.59 Å². The molecule has 138 valence electrons. The van der Waals surface area contributed by atoms with Gasteiger partial charge in [0.15, 0.2) is 12.4 Å². The topological polar surface area (TPSA) is 68.3 Å². The number of rotatable bonds is 6. The molecule has 27 heavy (non-hydrogen) atoms. The number of ether oxygens (including phenoxy) is 1. The van der Waals surface area contributed by atoms with Gasteiger partial charge in [-0.25, -0.2) is 4.98 Å². The van der Waals surface area contributed by atoms with E-state index in [1.165, 1.54) is 11.3 Å². The molecule has 1 amide bonds. The lowest BCUT2D eigenvalue weighted by Crippen LogP contribution is -2.20. The van der Waals surface area contributed by atoms with Crippen LogP contribution in [0.15, 0.2) is 48.5 Å². The second kappa shape index (κ2) is 8.14. The number of aryl methyl sites for hydroxylation is 2. The van der Waals surface area contributed by atoms with Crippen LogP contribution in [0.4, 0.5) is 5.69 Å². The summed E-state index contributed by atoms with van der Waals surface area (Å²) in [6.07, 6.45) is 0. The van der Waals surface area contributed by atoms with Crippen molar-refractivity contribution in [2.24, 2.45) is 0 Å². The molecule has 3 aromatic rings. The van der Waals surface area contributed by atoms with Crippen molar-refractivity contribution in [2.75, 3.05) is 11.9 Å². The second-order valence-corrected chi connectivity index (χ2v) is 7.22. The van der Waals surface area contributed by atoms with Crippen LogP contribution >= 0.6 is 11.3 Å². The summed E-state index contributed by atoms with van der Waals surface area (Å²) >= 11 is 1.38. The summed E-state index contributed by atoms with van der Waals surface area (Å²) in [6, 6.07) is 14.9. The maximum Gasteiger partial charge on any atom is 0.262 e.